The van der Waals surface area contributed by atoms with Crippen LogP contribution < -0.4 is 0 Å². The highest BCUT2D eigenvalue weighted by atomic mass is 79.9. The third-order valence-corrected chi connectivity index (χ3v) is 8.34. The molecule has 1 saturated heterocycles. The second kappa shape index (κ2) is 13.6. The molecule has 3 aromatic carbocycles. The van der Waals surface area contributed by atoms with Gasteiger partial charge in [0, 0.05) is 60.5 Å². The van der Waals surface area contributed by atoms with Gasteiger partial charge in [-0.1, -0.05) is 62.7 Å². The molecule has 1 atom stereocenters. The first-order valence-electron chi connectivity index (χ1n) is 14.4. The molecule has 2 aromatic heterocycles. The van der Waals surface area contributed by atoms with Crippen LogP contribution in [0.5, 0.6) is 0 Å². The van der Waals surface area contributed by atoms with Gasteiger partial charge in [0.1, 0.15) is 18.1 Å². The molecule has 1 fully saturated rings. The van der Waals surface area contributed by atoms with Crippen LogP contribution in [0.4, 0.5) is 10.1 Å². The molecule has 10 nitrogen and oxygen atoms in total. The molecule has 0 radical (unpaired) electrons. The zero-order chi connectivity index (χ0) is 30.5. The van der Waals surface area contributed by atoms with Gasteiger partial charge in [-0.3, -0.25) is 15.0 Å². The zero-order valence-corrected chi connectivity index (χ0v) is 25.3. The van der Waals surface area contributed by atoms with E-state index in [2.05, 4.69) is 36.3 Å². The Balaban J connectivity index is 1.07. The molecule has 0 spiro atoms. The molecule has 6 rings (SSSR count). The van der Waals surface area contributed by atoms with Gasteiger partial charge in [-0.05, 0) is 48.2 Å². The monoisotopic (exact) mass is 660 g/mol. The SMILES string of the molecule is O=[N+]([O-])c1ccc(CN2CCC(n3cc(CC(OCc4cc(-c5ccccc5F)no4)c4ccc(Br)cc4)nn3)CC2)cc1. The standard InChI is InChI=1S/C32H30BrFN6O4/c33-24-9-7-23(8-10-24)32(43-21-28-18-31(36-44-28)29-3-1-2-4-30(29)34)17-25-20-39(37-35-25)26-13-15-38(16-14-26)19-22-5-11-27(12-6-22)40(41)42/h1-12,18,20,26,32H,13-17,19,21H2. The van der Waals surface area contributed by atoms with Gasteiger partial charge in [-0.2, -0.15) is 0 Å². The number of ether oxygens (including phenoxy) is 1. The van der Waals surface area contributed by atoms with E-state index in [0.717, 1.165) is 53.8 Å². The lowest BCUT2D eigenvalue weighted by atomic mass is 10.0. The van der Waals surface area contributed by atoms with Crippen LogP contribution in [0, 0.1) is 15.9 Å². The first-order valence-corrected chi connectivity index (χ1v) is 15.1. The molecule has 5 aromatic rings. The molecule has 44 heavy (non-hydrogen) atoms. The third-order valence-electron chi connectivity index (χ3n) is 7.81. The van der Waals surface area contributed by atoms with Crippen molar-refractivity contribution in [3.8, 4) is 11.3 Å². The minimum absolute atomic E-state index is 0.106. The van der Waals surface area contributed by atoms with Gasteiger partial charge in [0.15, 0.2) is 5.76 Å². The lowest BCUT2D eigenvalue weighted by Gasteiger charge is -2.31. The fourth-order valence-electron chi connectivity index (χ4n) is 5.41. The number of nitro benzene ring substituents is 1. The van der Waals surface area contributed by atoms with Gasteiger partial charge in [-0.15, -0.1) is 5.10 Å². The lowest BCUT2D eigenvalue weighted by Crippen LogP contribution is -2.34. The molecule has 12 heteroatoms. The Labute approximate surface area is 261 Å². The number of likely N-dealkylation sites (tertiary alicyclic amines) is 1. The smallest absolute Gasteiger partial charge is 0.269 e. The summed E-state index contributed by atoms with van der Waals surface area (Å²) in [7, 11) is 0. The number of piperidine rings is 1. The van der Waals surface area contributed by atoms with Gasteiger partial charge in [0.25, 0.3) is 5.69 Å². The maximum Gasteiger partial charge on any atom is 0.269 e. The van der Waals surface area contributed by atoms with E-state index in [1.54, 1.807) is 36.4 Å². The molecular formula is C32H30BrFN6O4. The van der Waals surface area contributed by atoms with Crippen molar-refractivity contribution in [2.45, 2.75) is 44.6 Å². The summed E-state index contributed by atoms with van der Waals surface area (Å²) < 4.78 is 28.9. The number of aromatic nitrogens is 4. The Morgan fingerprint density at radius 3 is 2.55 bits per heavy atom. The van der Waals surface area contributed by atoms with Crippen molar-refractivity contribution in [2.24, 2.45) is 0 Å². The Hall–Kier alpha value is -4.26. The summed E-state index contributed by atoms with van der Waals surface area (Å²) in [6.07, 6.45) is 4.04. The normalized spacial score (nSPS) is 15.0. The summed E-state index contributed by atoms with van der Waals surface area (Å²) in [5.41, 5.74) is 3.76. The summed E-state index contributed by atoms with van der Waals surface area (Å²) in [6.45, 7) is 2.71. The number of halogens is 2. The van der Waals surface area contributed by atoms with E-state index >= 15 is 0 Å². The number of non-ortho nitro benzene ring substituents is 1. The largest absolute Gasteiger partial charge is 0.365 e. The molecule has 1 aliphatic heterocycles. The number of benzene rings is 3. The van der Waals surface area contributed by atoms with Crippen molar-refractivity contribution < 1.29 is 18.6 Å². The number of hydrogen-bond donors (Lipinski definition) is 0. The fourth-order valence-corrected chi connectivity index (χ4v) is 5.67. The van der Waals surface area contributed by atoms with Gasteiger partial charge < -0.3 is 9.26 Å². The maximum absolute atomic E-state index is 14.2. The summed E-state index contributed by atoms with van der Waals surface area (Å²) in [5.74, 6) is 0.133. The van der Waals surface area contributed by atoms with E-state index in [4.69, 9.17) is 9.26 Å². The average molecular weight is 662 g/mol. The van der Waals surface area contributed by atoms with Crippen LogP contribution in [-0.4, -0.2) is 43.1 Å². The summed E-state index contributed by atoms with van der Waals surface area (Å²) >= 11 is 3.50. The summed E-state index contributed by atoms with van der Waals surface area (Å²) in [4.78, 5) is 12.9. The fraction of sp³-hybridized carbons (Fsp3) is 0.281. The minimum atomic E-state index is -0.379. The molecule has 0 aliphatic carbocycles. The van der Waals surface area contributed by atoms with E-state index < -0.39 is 0 Å². The quantitative estimate of drug-likeness (QED) is 0.109. The lowest BCUT2D eigenvalue weighted by molar-refractivity contribution is -0.384. The van der Waals surface area contributed by atoms with E-state index in [1.807, 2.05) is 47.3 Å². The number of hydrogen-bond acceptors (Lipinski definition) is 8. The van der Waals surface area contributed by atoms with Crippen LogP contribution in [0.2, 0.25) is 0 Å². The van der Waals surface area contributed by atoms with E-state index in [-0.39, 0.29) is 35.2 Å². The van der Waals surface area contributed by atoms with Crippen LogP contribution >= 0.6 is 15.9 Å². The van der Waals surface area contributed by atoms with Gasteiger partial charge in [-0.25, -0.2) is 9.07 Å². The average Bonchev–Trinajstić information content (AvgIpc) is 3.71. The predicted molar refractivity (Wildman–Crippen MR) is 164 cm³/mol. The van der Waals surface area contributed by atoms with Crippen LogP contribution in [0.1, 0.15) is 47.6 Å². The highest BCUT2D eigenvalue weighted by molar-refractivity contribution is 9.10. The molecule has 0 saturated carbocycles. The Morgan fingerprint density at radius 2 is 1.82 bits per heavy atom. The Kier molecular flexibility index (Phi) is 9.20. The molecule has 0 bridgehead atoms. The first-order chi connectivity index (χ1) is 21.4. The molecule has 0 N–H and O–H groups in total. The third kappa shape index (κ3) is 7.26. The Bertz CT molecular complexity index is 1700. The Morgan fingerprint density at radius 1 is 1.07 bits per heavy atom. The molecule has 1 unspecified atom stereocenters. The number of rotatable bonds is 11. The van der Waals surface area contributed by atoms with Crippen LogP contribution in [0.25, 0.3) is 11.3 Å². The number of nitrogens with zero attached hydrogens (tertiary/aromatic N) is 6. The minimum Gasteiger partial charge on any atom is -0.365 e. The van der Waals surface area contributed by atoms with Crippen LogP contribution in [-0.2, 0) is 24.3 Å². The van der Waals surface area contributed by atoms with E-state index in [9.17, 15) is 14.5 Å². The molecule has 226 valence electrons. The summed E-state index contributed by atoms with van der Waals surface area (Å²) in [6, 6.07) is 23.1. The molecule has 1 aliphatic rings. The van der Waals surface area contributed by atoms with E-state index in [0.29, 0.717) is 23.4 Å². The highest BCUT2D eigenvalue weighted by Crippen LogP contribution is 2.28. The van der Waals surface area contributed by atoms with Crippen molar-refractivity contribution >= 4 is 21.6 Å². The number of nitro groups is 1. The molecule has 0 amide bonds. The van der Waals surface area contributed by atoms with Crippen molar-refractivity contribution in [3.05, 3.63) is 128 Å². The zero-order valence-electron chi connectivity index (χ0n) is 23.8. The van der Waals surface area contributed by atoms with E-state index in [1.165, 1.54) is 6.07 Å². The van der Waals surface area contributed by atoms with Crippen LogP contribution in [0.15, 0.2) is 94.1 Å². The van der Waals surface area contributed by atoms with Gasteiger partial charge >= 0.3 is 0 Å². The molecular weight excluding hydrogens is 631 g/mol. The second-order valence-corrected chi connectivity index (χ2v) is 11.8. The van der Waals surface area contributed by atoms with Gasteiger partial charge in [0.2, 0.25) is 0 Å². The second-order valence-electron chi connectivity index (χ2n) is 10.8. The first kappa shape index (κ1) is 29.8. The van der Waals surface area contributed by atoms with Crippen LogP contribution in [0.3, 0.4) is 0 Å². The molecule has 3 heterocycles. The summed E-state index contributed by atoms with van der Waals surface area (Å²) in [5, 5.41) is 23.9. The highest BCUT2D eigenvalue weighted by Gasteiger charge is 2.23. The topological polar surface area (TPSA) is 112 Å². The van der Waals surface area contributed by atoms with Crippen molar-refractivity contribution in [1.29, 1.82) is 0 Å². The van der Waals surface area contributed by atoms with Crippen molar-refractivity contribution in [1.82, 2.24) is 25.1 Å². The van der Waals surface area contributed by atoms with Crippen molar-refractivity contribution in [2.75, 3.05) is 13.1 Å². The van der Waals surface area contributed by atoms with Crippen molar-refractivity contribution in [3.63, 3.8) is 0 Å². The maximum atomic E-state index is 14.2. The van der Waals surface area contributed by atoms with Gasteiger partial charge in [0.05, 0.1) is 22.8 Å². The predicted octanol–water partition coefficient (Wildman–Crippen LogP) is 7.08.